The maximum Gasteiger partial charge on any atom is 0.275 e. The van der Waals surface area contributed by atoms with Gasteiger partial charge in [-0.05, 0) is 63.1 Å². The Hall–Kier alpha value is -2.98. The molecule has 1 aliphatic carbocycles. The lowest BCUT2D eigenvalue weighted by molar-refractivity contribution is -0.133. The van der Waals surface area contributed by atoms with E-state index in [4.69, 9.17) is 22.1 Å². The summed E-state index contributed by atoms with van der Waals surface area (Å²) < 4.78 is 19.2. The third-order valence-corrected chi connectivity index (χ3v) is 7.80. The normalized spacial score (nSPS) is 22.2. The van der Waals surface area contributed by atoms with E-state index >= 15 is 0 Å². The third kappa shape index (κ3) is 4.84. The number of nitrogens with two attached hydrogens (primary N) is 1. The number of primary amides is 1. The van der Waals surface area contributed by atoms with Crippen LogP contribution in [0.3, 0.4) is 0 Å². The van der Waals surface area contributed by atoms with Crippen LogP contribution >= 0.6 is 11.6 Å². The summed E-state index contributed by atoms with van der Waals surface area (Å²) in [7, 11) is 1.56. The second kappa shape index (κ2) is 10.6. The summed E-state index contributed by atoms with van der Waals surface area (Å²) in [6.07, 6.45) is 5.27. The number of methoxy groups -OCH3 is 1. The molecule has 3 amide bonds. The summed E-state index contributed by atoms with van der Waals surface area (Å²) in [5.41, 5.74) is 5.77. The molecule has 1 aromatic carbocycles. The number of carbonyl (C=O) groups excluding carboxylic acids is 3. The Morgan fingerprint density at radius 1 is 1.33 bits per heavy atom. The molecule has 0 bridgehead atoms. The van der Waals surface area contributed by atoms with Crippen LogP contribution in [0.1, 0.15) is 65.1 Å². The molecule has 0 unspecified atom stereocenters. The SMILES string of the molecule is COCCN(C(=O)c1nc[nH]c1C(N)=O)[C@H]1CC[C@@]2(CCCN(c3cc(C)c(F)cc3Cl)C2=O)CC1. The van der Waals surface area contributed by atoms with Crippen LogP contribution in [0.4, 0.5) is 10.1 Å². The molecule has 1 aromatic heterocycles. The summed E-state index contributed by atoms with van der Waals surface area (Å²) in [6.45, 7) is 2.82. The predicted molar refractivity (Wildman–Crippen MR) is 132 cm³/mol. The van der Waals surface area contributed by atoms with Crippen molar-refractivity contribution in [2.75, 3.05) is 31.7 Å². The summed E-state index contributed by atoms with van der Waals surface area (Å²) in [4.78, 5) is 48.9. The van der Waals surface area contributed by atoms with Gasteiger partial charge in [0.05, 0.1) is 23.6 Å². The number of nitrogens with zero attached hydrogens (tertiary/aromatic N) is 3. The molecule has 36 heavy (non-hydrogen) atoms. The number of carbonyl (C=O) groups is 3. The number of rotatable bonds is 7. The topological polar surface area (TPSA) is 122 Å². The van der Waals surface area contributed by atoms with Crippen molar-refractivity contribution < 1.29 is 23.5 Å². The zero-order valence-electron chi connectivity index (χ0n) is 20.5. The molecule has 1 spiro atoms. The van der Waals surface area contributed by atoms with E-state index < -0.39 is 23.0 Å². The number of hydrogen-bond acceptors (Lipinski definition) is 5. The fraction of sp³-hybridized carbons (Fsp3) is 0.520. The number of ether oxygens (including phenoxy) is 1. The van der Waals surface area contributed by atoms with Gasteiger partial charge >= 0.3 is 0 Å². The minimum atomic E-state index is -0.757. The number of hydrogen-bond donors (Lipinski definition) is 2. The summed E-state index contributed by atoms with van der Waals surface area (Å²) in [5, 5.41) is 0.220. The van der Waals surface area contributed by atoms with E-state index in [9.17, 15) is 18.8 Å². The second-order valence-corrected chi connectivity index (χ2v) is 10.0. The van der Waals surface area contributed by atoms with Gasteiger partial charge in [-0.3, -0.25) is 14.4 Å². The van der Waals surface area contributed by atoms with E-state index in [1.165, 1.54) is 12.4 Å². The molecule has 2 aromatic rings. The second-order valence-electron chi connectivity index (χ2n) is 9.61. The molecular formula is C25H31ClFN5O4. The van der Waals surface area contributed by atoms with Crippen molar-refractivity contribution in [3.63, 3.8) is 0 Å². The van der Waals surface area contributed by atoms with Crippen molar-refractivity contribution >= 4 is 35.0 Å². The van der Waals surface area contributed by atoms with Crippen molar-refractivity contribution in [3.05, 3.63) is 46.3 Å². The van der Waals surface area contributed by atoms with Gasteiger partial charge in [0, 0.05) is 31.7 Å². The first-order chi connectivity index (χ1) is 17.2. The average Bonchev–Trinajstić information content (AvgIpc) is 3.35. The van der Waals surface area contributed by atoms with Gasteiger partial charge in [-0.25, -0.2) is 9.37 Å². The fourth-order valence-electron chi connectivity index (χ4n) is 5.50. The third-order valence-electron chi connectivity index (χ3n) is 7.49. The minimum absolute atomic E-state index is 0.00167. The van der Waals surface area contributed by atoms with Crippen molar-refractivity contribution in [1.29, 1.82) is 0 Å². The highest BCUT2D eigenvalue weighted by molar-refractivity contribution is 6.34. The van der Waals surface area contributed by atoms with E-state index in [0.717, 1.165) is 12.8 Å². The van der Waals surface area contributed by atoms with Gasteiger partial charge in [-0.1, -0.05) is 11.6 Å². The Balaban J connectivity index is 1.53. The smallest absolute Gasteiger partial charge is 0.275 e. The molecule has 194 valence electrons. The van der Waals surface area contributed by atoms with Crippen LogP contribution < -0.4 is 10.6 Å². The quantitative estimate of drug-likeness (QED) is 0.580. The molecule has 0 atom stereocenters. The molecular weight excluding hydrogens is 489 g/mol. The zero-order valence-corrected chi connectivity index (χ0v) is 21.2. The van der Waals surface area contributed by atoms with E-state index in [1.807, 2.05) is 0 Å². The lowest BCUT2D eigenvalue weighted by Gasteiger charge is -2.47. The maximum atomic E-state index is 14.0. The van der Waals surface area contributed by atoms with Crippen molar-refractivity contribution in [2.24, 2.45) is 11.1 Å². The minimum Gasteiger partial charge on any atom is -0.383 e. The van der Waals surface area contributed by atoms with Gasteiger partial charge in [-0.15, -0.1) is 0 Å². The Kier molecular flexibility index (Phi) is 7.65. The molecule has 1 aliphatic heterocycles. The molecule has 1 saturated heterocycles. The molecule has 11 heteroatoms. The fourth-order valence-corrected chi connectivity index (χ4v) is 5.75. The van der Waals surface area contributed by atoms with Crippen LogP contribution in [0.15, 0.2) is 18.5 Å². The zero-order chi connectivity index (χ0) is 26.0. The van der Waals surface area contributed by atoms with Crippen molar-refractivity contribution in [2.45, 2.75) is 51.5 Å². The van der Waals surface area contributed by atoms with E-state index in [0.29, 0.717) is 56.6 Å². The number of halogens is 2. The molecule has 2 aliphatic rings. The number of aromatic nitrogens is 2. The lowest BCUT2D eigenvalue weighted by atomic mass is 9.67. The monoisotopic (exact) mass is 519 g/mol. The van der Waals surface area contributed by atoms with Crippen LogP contribution in [-0.4, -0.2) is 65.4 Å². The number of nitrogens with one attached hydrogen (secondary N) is 1. The van der Waals surface area contributed by atoms with Gasteiger partial charge in [0.15, 0.2) is 5.69 Å². The van der Waals surface area contributed by atoms with Gasteiger partial charge < -0.3 is 25.3 Å². The van der Waals surface area contributed by atoms with Crippen LogP contribution in [-0.2, 0) is 9.53 Å². The van der Waals surface area contributed by atoms with Crippen LogP contribution in [0.5, 0.6) is 0 Å². The average molecular weight is 520 g/mol. The first-order valence-corrected chi connectivity index (χ1v) is 12.5. The Morgan fingerprint density at radius 3 is 2.72 bits per heavy atom. The van der Waals surface area contributed by atoms with Gasteiger partial charge in [0.1, 0.15) is 11.5 Å². The molecule has 0 radical (unpaired) electrons. The summed E-state index contributed by atoms with van der Waals surface area (Å²) >= 11 is 6.33. The van der Waals surface area contributed by atoms with Gasteiger partial charge in [0.2, 0.25) is 5.91 Å². The van der Waals surface area contributed by atoms with E-state index in [2.05, 4.69) is 9.97 Å². The highest BCUT2D eigenvalue weighted by Gasteiger charge is 2.48. The Labute approximate surface area is 214 Å². The van der Waals surface area contributed by atoms with Crippen LogP contribution in [0.2, 0.25) is 5.02 Å². The maximum absolute atomic E-state index is 14.0. The highest BCUT2D eigenvalue weighted by Crippen LogP contribution is 2.47. The number of anilines is 1. The number of H-pyrrole nitrogens is 1. The molecule has 2 fully saturated rings. The molecule has 9 nitrogen and oxygen atoms in total. The number of amides is 3. The van der Waals surface area contributed by atoms with Crippen LogP contribution in [0.25, 0.3) is 0 Å². The standard InChI is InChI=1S/C25H31ClFN5O4/c1-15-12-19(17(26)13-18(15)27)32-9-3-6-25(24(32)35)7-4-16(5-8-25)31(10-11-36-2)23(34)21-20(22(28)33)29-14-30-21/h12-14,16H,3-11H2,1-2H3,(H2,28,33)(H,29,30)/t16-,25-. The van der Waals surface area contributed by atoms with Crippen molar-refractivity contribution in [1.82, 2.24) is 14.9 Å². The molecule has 3 N–H and O–H groups in total. The lowest BCUT2D eigenvalue weighted by Crippen LogP contribution is -2.53. The van der Waals surface area contributed by atoms with Gasteiger partial charge in [0.25, 0.3) is 11.8 Å². The number of aryl methyl sites for hydroxylation is 1. The number of piperidine rings is 1. The van der Waals surface area contributed by atoms with Crippen LogP contribution in [0, 0.1) is 18.2 Å². The molecule has 1 saturated carbocycles. The first kappa shape index (κ1) is 26.1. The van der Waals surface area contributed by atoms with E-state index in [1.54, 1.807) is 29.9 Å². The van der Waals surface area contributed by atoms with Crippen molar-refractivity contribution in [3.8, 4) is 0 Å². The summed E-state index contributed by atoms with van der Waals surface area (Å²) in [6, 6.07) is 2.74. The largest absolute Gasteiger partial charge is 0.383 e. The first-order valence-electron chi connectivity index (χ1n) is 12.1. The Morgan fingerprint density at radius 2 is 2.06 bits per heavy atom. The van der Waals surface area contributed by atoms with E-state index in [-0.39, 0.29) is 28.4 Å². The number of imidazole rings is 1. The predicted octanol–water partition coefficient (Wildman–Crippen LogP) is 3.45. The Bertz CT molecular complexity index is 1160. The molecule has 4 rings (SSSR count). The molecule has 2 heterocycles. The highest BCUT2D eigenvalue weighted by atomic mass is 35.5. The summed E-state index contributed by atoms with van der Waals surface area (Å²) in [5.74, 6) is -1.56. The number of benzene rings is 1. The van der Waals surface area contributed by atoms with Gasteiger partial charge in [-0.2, -0.15) is 0 Å². The number of aromatic amines is 1.